The molecule has 148 valence electrons. The molecule has 0 saturated carbocycles. The maximum absolute atomic E-state index is 12.7. The molecule has 0 aliphatic carbocycles. The topological polar surface area (TPSA) is 93.7 Å². The van der Waals surface area contributed by atoms with Gasteiger partial charge in [0.05, 0.1) is 7.11 Å². The molecular formula is C20H28N2O5. The van der Waals surface area contributed by atoms with E-state index in [-0.39, 0.29) is 11.6 Å². The van der Waals surface area contributed by atoms with Crippen molar-refractivity contribution in [1.29, 1.82) is 0 Å². The third-order valence-electron chi connectivity index (χ3n) is 3.40. The average Bonchev–Trinajstić information content (AvgIpc) is 2.57. The van der Waals surface area contributed by atoms with Crippen LogP contribution in [0.25, 0.3) is 6.08 Å². The van der Waals surface area contributed by atoms with Gasteiger partial charge in [0.2, 0.25) is 5.91 Å². The van der Waals surface area contributed by atoms with Crippen LogP contribution in [-0.2, 0) is 19.1 Å². The summed E-state index contributed by atoms with van der Waals surface area (Å²) in [4.78, 5) is 36.7. The summed E-state index contributed by atoms with van der Waals surface area (Å²) >= 11 is 0. The summed E-state index contributed by atoms with van der Waals surface area (Å²) in [5.41, 5.74) is 0.0108. The zero-order chi connectivity index (χ0) is 20.6. The molecule has 7 nitrogen and oxygen atoms in total. The predicted octanol–water partition coefficient (Wildman–Crippen LogP) is 2.87. The number of alkyl carbamates (subject to hydrolysis) is 1. The number of esters is 1. The minimum Gasteiger partial charge on any atom is -0.464 e. The largest absolute Gasteiger partial charge is 0.464 e. The lowest BCUT2D eigenvalue weighted by molar-refractivity contribution is -0.138. The monoisotopic (exact) mass is 376 g/mol. The van der Waals surface area contributed by atoms with Crippen LogP contribution in [0.5, 0.6) is 0 Å². The molecule has 2 amide bonds. The maximum atomic E-state index is 12.7. The summed E-state index contributed by atoms with van der Waals surface area (Å²) in [7, 11) is 1.23. The highest BCUT2D eigenvalue weighted by Gasteiger charge is 2.28. The molecule has 0 aliphatic heterocycles. The van der Waals surface area contributed by atoms with E-state index in [0.29, 0.717) is 0 Å². The fourth-order valence-corrected chi connectivity index (χ4v) is 2.15. The number of nitrogens with one attached hydrogen (secondary N) is 2. The molecule has 27 heavy (non-hydrogen) atoms. The molecule has 1 aromatic rings. The van der Waals surface area contributed by atoms with E-state index in [1.807, 2.05) is 18.2 Å². The van der Waals surface area contributed by atoms with Crippen LogP contribution in [0.15, 0.2) is 36.0 Å². The highest BCUT2D eigenvalue weighted by Crippen LogP contribution is 2.11. The van der Waals surface area contributed by atoms with E-state index in [0.717, 1.165) is 5.56 Å². The van der Waals surface area contributed by atoms with Crippen LogP contribution in [0.1, 0.15) is 40.2 Å². The highest BCUT2D eigenvalue weighted by atomic mass is 16.6. The second-order valence-electron chi connectivity index (χ2n) is 7.32. The van der Waals surface area contributed by atoms with Crippen molar-refractivity contribution in [1.82, 2.24) is 10.6 Å². The van der Waals surface area contributed by atoms with Crippen molar-refractivity contribution in [3.63, 3.8) is 0 Å². The standard InChI is InChI=1S/C20H28N2O5/c1-13(2)16(22-19(25)27-20(3,4)5)17(23)21-15(18(24)26-6)12-14-10-8-7-9-11-14/h7-13,16H,1-6H3,(H,21,23)(H,22,25)/b15-12-/t16-/m0/s1. The molecule has 1 rings (SSSR count). The first-order valence-electron chi connectivity index (χ1n) is 8.69. The number of hydrogen-bond acceptors (Lipinski definition) is 5. The molecular weight excluding hydrogens is 348 g/mol. The number of carbonyl (C=O) groups excluding carboxylic acids is 3. The van der Waals surface area contributed by atoms with Gasteiger partial charge in [-0.1, -0.05) is 44.2 Å². The summed E-state index contributed by atoms with van der Waals surface area (Å²) in [6.07, 6.45) is 0.803. The van der Waals surface area contributed by atoms with Crippen LogP contribution in [0.3, 0.4) is 0 Å². The Hall–Kier alpha value is -2.83. The number of carbonyl (C=O) groups is 3. The van der Waals surface area contributed by atoms with Crippen molar-refractivity contribution in [3.05, 3.63) is 41.6 Å². The first-order chi connectivity index (χ1) is 12.5. The minimum atomic E-state index is -0.885. The van der Waals surface area contributed by atoms with Crippen LogP contribution in [0.4, 0.5) is 4.79 Å². The first kappa shape index (κ1) is 22.2. The fraction of sp³-hybridized carbons (Fsp3) is 0.450. The van der Waals surface area contributed by atoms with Crippen LogP contribution in [-0.4, -0.2) is 36.7 Å². The molecule has 7 heteroatoms. The SMILES string of the molecule is COC(=O)/C(=C/c1ccccc1)NC(=O)[C@@H](NC(=O)OC(C)(C)C)C(C)C. The van der Waals surface area contributed by atoms with E-state index in [1.165, 1.54) is 13.2 Å². The van der Waals surface area contributed by atoms with Gasteiger partial charge in [-0.3, -0.25) is 4.79 Å². The predicted molar refractivity (Wildman–Crippen MR) is 103 cm³/mol. The Morgan fingerprint density at radius 3 is 2.15 bits per heavy atom. The minimum absolute atomic E-state index is 0.0228. The molecule has 0 fully saturated rings. The summed E-state index contributed by atoms with van der Waals surface area (Å²) in [6.45, 7) is 8.75. The average molecular weight is 376 g/mol. The van der Waals surface area contributed by atoms with Crippen LogP contribution in [0, 0.1) is 5.92 Å². The molecule has 0 aliphatic rings. The lowest BCUT2D eigenvalue weighted by Gasteiger charge is -2.25. The van der Waals surface area contributed by atoms with Gasteiger partial charge in [0.25, 0.3) is 0 Å². The molecule has 0 bridgehead atoms. The number of amides is 2. The normalized spacial score (nSPS) is 12.9. The van der Waals surface area contributed by atoms with Gasteiger partial charge in [0.1, 0.15) is 17.3 Å². The number of methoxy groups -OCH3 is 1. The molecule has 0 spiro atoms. The Balaban J connectivity index is 2.98. The molecule has 1 aromatic carbocycles. The van der Waals surface area contributed by atoms with Crippen LogP contribution in [0.2, 0.25) is 0 Å². The Kier molecular flexibility index (Phi) is 8.02. The maximum Gasteiger partial charge on any atom is 0.408 e. The van der Waals surface area contributed by atoms with Gasteiger partial charge >= 0.3 is 12.1 Å². The van der Waals surface area contributed by atoms with Crippen molar-refractivity contribution in [2.75, 3.05) is 7.11 Å². The first-order valence-corrected chi connectivity index (χ1v) is 8.69. The number of hydrogen-bond donors (Lipinski definition) is 2. The van der Waals surface area contributed by atoms with Crippen LogP contribution >= 0.6 is 0 Å². The molecule has 0 aromatic heterocycles. The quantitative estimate of drug-likeness (QED) is 0.588. The molecule has 0 saturated heterocycles. The number of rotatable bonds is 6. The molecule has 1 atom stereocenters. The van der Waals surface area contributed by atoms with Gasteiger partial charge in [-0.2, -0.15) is 0 Å². The summed E-state index contributed by atoms with van der Waals surface area (Å²) < 4.78 is 9.94. The zero-order valence-corrected chi connectivity index (χ0v) is 16.7. The van der Waals surface area contributed by atoms with E-state index >= 15 is 0 Å². The van der Waals surface area contributed by atoms with E-state index in [4.69, 9.17) is 9.47 Å². The summed E-state index contributed by atoms with van der Waals surface area (Å²) in [5.74, 6) is -1.46. The van der Waals surface area contributed by atoms with Gasteiger partial charge < -0.3 is 20.1 Å². The molecule has 2 N–H and O–H groups in total. The van der Waals surface area contributed by atoms with E-state index in [2.05, 4.69) is 10.6 Å². The van der Waals surface area contributed by atoms with Crippen LogP contribution < -0.4 is 10.6 Å². The smallest absolute Gasteiger partial charge is 0.408 e. The lowest BCUT2D eigenvalue weighted by atomic mass is 10.0. The number of ether oxygens (including phenoxy) is 2. The third-order valence-corrected chi connectivity index (χ3v) is 3.40. The van der Waals surface area contributed by atoms with E-state index in [1.54, 1.807) is 46.8 Å². The van der Waals surface area contributed by atoms with Crippen molar-refractivity contribution in [2.45, 2.75) is 46.3 Å². The highest BCUT2D eigenvalue weighted by molar-refractivity contribution is 5.99. The van der Waals surface area contributed by atoms with Crippen molar-refractivity contribution in [3.8, 4) is 0 Å². The Morgan fingerprint density at radius 2 is 1.67 bits per heavy atom. The fourth-order valence-electron chi connectivity index (χ4n) is 2.15. The molecule has 0 unspecified atom stereocenters. The Labute approximate surface area is 160 Å². The van der Waals surface area contributed by atoms with Gasteiger partial charge in [-0.15, -0.1) is 0 Å². The zero-order valence-electron chi connectivity index (χ0n) is 16.7. The Bertz CT molecular complexity index is 690. The Morgan fingerprint density at radius 1 is 1.07 bits per heavy atom. The third kappa shape index (κ3) is 7.94. The number of benzene rings is 1. The molecule has 0 radical (unpaired) electrons. The van der Waals surface area contributed by atoms with Crippen molar-refractivity contribution < 1.29 is 23.9 Å². The lowest BCUT2D eigenvalue weighted by Crippen LogP contribution is -2.51. The summed E-state index contributed by atoms with van der Waals surface area (Å²) in [6, 6.07) is 8.14. The second kappa shape index (κ2) is 9.75. The van der Waals surface area contributed by atoms with Crippen molar-refractivity contribution in [2.24, 2.45) is 5.92 Å². The van der Waals surface area contributed by atoms with Crippen molar-refractivity contribution >= 4 is 24.0 Å². The summed E-state index contributed by atoms with van der Waals surface area (Å²) in [5, 5.41) is 5.09. The van der Waals surface area contributed by atoms with E-state index in [9.17, 15) is 14.4 Å². The van der Waals surface area contributed by atoms with Gasteiger partial charge in [0, 0.05) is 0 Å². The van der Waals surface area contributed by atoms with E-state index < -0.39 is 29.6 Å². The molecule has 0 heterocycles. The van der Waals surface area contributed by atoms with Gasteiger partial charge in [-0.25, -0.2) is 9.59 Å². The van der Waals surface area contributed by atoms with Gasteiger partial charge in [-0.05, 0) is 38.3 Å². The second-order valence-corrected chi connectivity index (χ2v) is 7.32. The van der Waals surface area contributed by atoms with Gasteiger partial charge in [0.15, 0.2) is 0 Å².